The number of anilines is 1. The van der Waals surface area contributed by atoms with Gasteiger partial charge in [0.2, 0.25) is 0 Å². The molecule has 8 heteroatoms. The molecule has 3 aromatic rings. The van der Waals surface area contributed by atoms with Crippen LogP contribution in [0, 0.1) is 0 Å². The van der Waals surface area contributed by atoms with E-state index in [-0.39, 0.29) is 16.9 Å². The number of ether oxygens (including phenoxy) is 1. The van der Waals surface area contributed by atoms with Gasteiger partial charge in [-0.15, -0.1) is 6.58 Å². The lowest BCUT2D eigenvalue weighted by Crippen LogP contribution is -2.40. The van der Waals surface area contributed by atoms with Crippen LogP contribution in [0.3, 0.4) is 0 Å². The van der Waals surface area contributed by atoms with Gasteiger partial charge in [-0.2, -0.15) is 0 Å². The van der Waals surface area contributed by atoms with E-state index in [4.69, 9.17) is 4.74 Å². The van der Waals surface area contributed by atoms with Crippen molar-refractivity contribution in [3.05, 3.63) is 109 Å². The van der Waals surface area contributed by atoms with Crippen LogP contribution in [0.25, 0.3) is 5.57 Å². The molecule has 0 fully saturated rings. The summed E-state index contributed by atoms with van der Waals surface area (Å²) in [6.45, 7) is 12.2. The van der Waals surface area contributed by atoms with E-state index in [1.54, 1.807) is 17.9 Å². The lowest BCUT2D eigenvalue weighted by molar-refractivity contribution is -0.136. The van der Waals surface area contributed by atoms with E-state index in [1.807, 2.05) is 48.5 Å². The lowest BCUT2D eigenvalue weighted by Gasteiger charge is -2.25. The number of para-hydroxylation sites is 1. The summed E-state index contributed by atoms with van der Waals surface area (Å²) in [5.41, 5.74) is 4.01. The van der Waals surface area contributed by atoms with Crippen molar-refractivity contribution in [2.45, 2.75) is 39.2 Å². The minimum absolute atomic E-state index is 0.0565. The van der Waals surface area contributed by atoms with E-state index in [0.717, 1.165) is 28.2 Å². The van der Waals surface area contributed by atoms with E-state index < -0.39 is 12.0 Å². The Bertz CT molecular complexity index is 1700. The lowest BCUT2D eigenvalue weighted by atomic mass is 9.85. The Balaban J connectivity index is 1.80. The van der Waals surface area contributed by atoms with Crippen LogP contribution in [0.5, 0.6) is 0 Å². The zero-order chi connectivity index (χ0) is 27.4. The van der Waals surface area contributed by atoms with Crippen LogP contribution in [0.1, 0.15) is 50.4 Å². The number of esters is 1. The molecule has 0 unspecified atom stereocenters. The minimum atomic E-state index is -0.738. The molecule has 1 amide bonds. The van der Waals surface area contributed by atoms with E-state index in [0.29, 0.717) is 38.3 Å². The second-order valence-electron chi connectivity index (χ2n) is 10.4. The van der Waals surface area contributed by atoms with Crippen molar-refractivity contribution in [3.8, 4) is 0 Å². The number of methoxy groups -OCH3 is 1. The van der Waals surface area contributed by atoms with Gasteiger partial charge < -0.3 is 9.64 Å². The van der Waals surface area contributed by atoms with Gasteiger partial charge in [0.25, 0.3) is 11.5 Å². The summed E-state index contributed by atoms with van der Waals surface area (Å²) in [5, 5.41) is 0. The second-order valence-corrected chi connectivity index (χ2v) is 11.3. The number of benzene rings is 2. The maximum absolute atomic E-state index is 14.1. The summed E-state index contributed by atoms with van der Waals surface area (Å²) < 4.78 is 6.92. The normalized spacial score (nSPS) is 18.2. The Labute approximate surface area is 224 Å². The van der Waals surface area contributed by atoms with Crippen LogP contribution in [-0.2, 0) is 19.7 Å². The van der Waals surface area contributed by atoms with Crippen molar-refractivity contribution in [3.63, 3.8) is 0 Å². The fourth-order valence-corrected chi connectivity index (χ4v) is 6.17. The minimum Gasteiger partial charge on any atom is -0.466 e. The SMILES string of the molecule is C=CCN1C(=O)/C(=c2\sc3n(c2=O)[C@@H](c2ccc(C(C)(C)C)cc2)C(C(=O)OC)=C(C)N=3)c2ccccc21. The number of amides is 1. The molecule has 194 valence electrons. The molecule has 1 aromatic heterocycles. The highest BCUT2D eigenvalue weighted by atomic mass is 32.1. The number of nitrogens with zero attached hydrogens (tertiary/aromatic N) is 3. The number of aromatic nitrogens is 1. The molecule has 38 heavy (non-hydrogen) atoms. The van der Waals surface area contributed by atoms with Crippen molar-refractivity contribution in [2.24, 2.45) is 4.99 Å². The van der Waals surface area contributed by atoms with Gasteiger partial charge in [0.15, 0.2) is 4.80 Å². The molecular weight excluding hydrogens is 498 g/mol. The first-order chi connectivity index (χ1) is 18.1. The molecule has 1 atom stereocenters. The average molecular weight is 528 g/mol. The molecule has 0 radical (unpaired) electrons. The summed E-state index contributed by atoms with van der Waals surface area (Å²) in [5.74, 6) is -0.806. The topological polar surface area (TPSA) is 81.0 Å². The van der Waals surface area contributed by atoms with Gasteiger partial charge in [-0.3, -0.25) is 14.2 Å². The number of allylic oxidation sites excluding steroid dienone is 1. The van der Waals surface area contributed by atoms with E-state index in [2.05, 4.69) is 32.3 Å². The van der Waals surface area contributed by atoms with E-state index in [1.165, 1.54) is 11.7 Å². The molecule has 7 nitrogen and oxygen atoms in total. The number of thiazole rings is 1. The molecule has 0 saturated heterocycles. The fraction of sp³-hybridized carbons (Fsp3) is 0.267. The summed E-state index contributed by atoms with van der Waals surface area (Å²) in [6, 6.07) is 14.6. The van der Waals surface area contributed by atoms with Crippen LogP contribution < -0.4 is 19.8 Å². The number of carbonyl (C=O) groups excluding carboxylic acids is 2. The Morgan fingerprint density at radius 1 is 1.13 bits per heavy atom. The number of hydrogen-bond acceptors (Lipinski definition) is 6. The van der Waals surface area contributed by atoms with Crippen molar-refractivity contribution >= 4 is 34.5 Å². The van der Waals surface area contributed by atoms with Crippen LogP contribution >= 0.6 is 11.3 Å². The molecule has 0 N–H and O–H groups in total. The summed E-state index contributed by atoms with van der Waals surface area (Å²) >= 11 is 1.16. The predicted molar refractivity (Wildman–Crippen MR) is 149 cm³/mol. The van der Waals surface area contributed by atoms with Gasteiger partial charge >= 0.3 is 5.97 Å². The molecule has 0 aliphatic carbocycles. The summed E-state index contributed by atoms with van der Waals surface area (Å²) in [4.78, 5) is 47.3. The summed E-state index contributed by atoms with van der Waals surface area (Å²) in [6.07, 6.45) is 1.66. The number of hydrogen-bond donors (Lipinski definition) is 0. The third-order valence-electron chi connectivity index (χ3n) is 6.96. The molecule has 3 heterocycles. The third kappa shape index (κ3) is 3.96. The highest BCUT2D eigenvalue weighted by Gasteiger charge is 2.37. The maximum Gasteiger partial charge on any atom is 0.338 e. The quantitative estimate of drug-likeness (QED) is 0.384. The zero-order valence-electron chi connectivity index (χ0n) is 22.1. The predicted octanol–water partition coefficient (Wildman–Crippen LogP) is 3.61. The molecule has 2 aliphatic rings. The monoisotopic (exact) mass is 527 g/mol. The first-order valence-electron chi connectivity index (χ1n) is 12.3. The average Bonchev–Trinajstić information content (AvgIpc) is 3.35. The molecule has 0 spiro atoms. The molecule has 2 aromatic carbocycles. The molecule has 0 saturated carbocycles. The van der Waals surface area contributed by atoms with Crippen LogP contribution in [0.4, 0.5) is 5.69 Å². The first-order valence-corrected chi connectivity index (χ1v) is 13.2. The molecule has 2 aliphatic heterocycles. The van der Waals surface area contributed by atoms with Crippen molar-refractivity contribution < 1.29 is 14.3 Å². The highest BCUT2D eigenvalue weighted by molar-refractivity contribution is 7.07. The van der Waals surface area contributed by atoms with Crippen LogP contribution in [0.2, 0.25) is 0 Å². The largest absolute Gasteiger partial charge is 0.466 e. The number of fused-ring (bicyclic) bond motifs is 2. The standard InChI is InChI=1S/C30H29N3O4S/c1-7-16-32-21-11-9-8-10-20(21)23(26(32)34)25-27(35)33-24(18-12-14-19(15-13-18)30(3,4)5)22(28(36)37-6)17(2)31-29(33)38-25/h7-15,24H,1,16H2,2-6H3/b25-23-/t24-/m0/s1. The van der Waals surface area contributed by atoms with Crippen molar-refractivity contribution in [1.29, 1.82) is 0 Å². The van der Waals surface area contributed by atoms with Gasteiger partial charge in [0, 0.05) is 12.1 Å². The first kappa shape index (κ1) is 25.6. The molecule has 0 bridgehead atoms. The van der Waals surface area contributed by atoms with Gasteiger partial charge in [-0.1, -0.05) is 80.6 Å². The van der Waals surface area contributed by atoms with Gasteiger partial charge in [0.1, 0.15) is 4.53 Å². The van der Waals surface area contributed by atoms with Crippen molar-refractivity contribution in [1.82, 2.24) is 4.57 Å². The molecular formula is C30H29N3O4S. The number of carbonyl (C=O) groups is 2. The maximum atomic E-state index is 14.1. The van der Waals surface area contributed by atoms with Crippen LogP contribution in [0.15, 0.2) is 82.2 Å². The molecule has 5 rings (SSSR count). The van der Waals surface area contributed by atoms with Gasteiger partial charge in [-0.25, -0.2) is 9.79 Å². The Hall–Kier alpha value is -4.04. The van der Waals surface area contributed by atoms with Gasteiger partial charge in [-0.05, 0) is 29.5 Å². The number of rotatable bonds is 4. The Kier molecular flexibility index (Phi) is 6.31. The van der Waals surface area contributed by atoms with E-state index >= 15 is 0 Å². The van der Waals surface area contributed by atoms with Gasteiger partial charge in [0.05, 0.1) is 35.7 Å². The Morgan fingerprint density at radius 3 is 2.45 bits per heavy atom. The van der Waals surface area contributed by atoms with Crippen LogP contribution in [-0.4, -0.2) is 30.1 Å². The zero-order valence-corrected chi connectivity index (χ0v) is 22.9. The van der Waals surface area contributed by atoms with Crippen molar-refractivity contribution in [2.75, 3.05) is 18.6 Å². The third-order valence-corrected chi connectivity index (χ3v) is 8.01. The highest BCUT2D eigenvalue weighted by Crippen LogP contribution is 2.36. The fourth-order valence-electron chi connectivity index (χ4n) is 5.03. The Morgan fingerprint density at radius 2 is 1.82 bits per heavy atom. The summed E-state index contributed by atoms with van der Waals surface area (Å²) in [7, 11) is 1.32. The smallest absolute Gasteiger partial charge is 0.338 e. The second kappa shape index (κ2) is 9.36. The van der Waals surface area contributed by atoms with E-state index in [9.17, 15) is 14.4 Å².